The second-order valence-corrected chi connectivity index (χ2v) is 4.79. The van der Waals surface area contributed by atoms with Crippen LogP contribution in [0.3, 0.4) is 0 Å². The second-order valence-electron chi connectivity index (χ2n) is 4.79. The summed E-state index contributed by atoms with van der Waals surface area (Å²) in [6.45, 7) is 4.39. The summed E-state index contributed by atoms with van der Waals surface area (Å²) in [5, 5.41) is 0. The third-order valence-corrected chi connectivity index (χ3v) is 3.52. The second kappa shape index (κ2) is 6.02. The standard InChI is InChI=1S/C14H22N2/c15-11-13-7-4-9-16(10-8-13)12-14-5-2-1-3-6-14/h1-3,5-6,13H,4,7-12,15H2/t13-/m0/s1. The fourth-order valence-electron chi connectivity index (χ4n) is 2.46. The molecule has 2 heteroatoms. The Bertz CT molecular complexity index is 297. The Morgan fingerprint density at radius 2 is 1.94 bits per heavy atom. The summed E-state index contributed by atoms with van der Waals surface area (Å²) in [5.74, 6) is 0.751. The highest BCUT2D eigenvalue weighted by Gasteiger charge is 2.15. The van der Waals surface area contributed by atoms with Crippen LogP contribution in [-0.4, -0.2) is 24.5 Å². The largest absolute Gasteiger partial charge is 0.330 e. The first kappa shape index (κ1) is 11.6. The highest BCUT2D eigenvalue weighted by Crippen LogP contribution is 2.17. The molecule has 0 spiro atoms. The number of likely N-dealkylation sites (tertiary alicyclic amines) is 1. The fourth-order valence-corrected chi connectivity index (χ4v) is 2.46. The van der Waals surface area contributed by atoms with Crippen LogP contribution in [-0.2, 0) is 6.54 Å². The summed E-state index contributed by atoms with van der Waals surface area (Å²) in [6.07, 6.45) is 3.87. The first-order chi connectivity index (χ1) is 7.88. The Kier molecular flexibility index (Phi) is 4.37. The molecule has 1 aliphatic rings. The van der Waals surface area contributed by atoms with Crippen LogP contribution in [0.5, 0.6) is 0 Å². The third-order valence-electron chi connectivity index (χ3n) is 3.52. The Morgan fingerprint density at radius 3 is 2.69 bits per heavy atom. The molecule has 0 amide bonds. The lowest BCUT2D eigenvalue weighted by atomic mass is 10.0. The first-order valence-corrected chi connectivity index (χ1v) is 6.35. The highest BCUT2D eigenvalue weighted by molar-refractivity contribution is 5.14. The zero-order chi connectivity index (χ0) is 11.2. The van der Waals surface area contributed by atoms with Crippen LogP contribution in [0.2, 0.25) is 0 Å². The summed E-state index contributed by atoms with van der Waals surface area (Å²) in [6, 6.07) is 10.7. The fraction of sp³-hybridized carbons (Fsp3) is 0.571. The minimum atomic E-state index is 0.751. The van der Waals surface area contributed by atoms with Gasteiger partial charge in [-0.2, -0.15) is 0 Å². The van der Waals surface area contributed by atoms with Gasteiger partial charge in [0.15, 0.2) is 0 Å². The van der Waals surface area contributed by atoms with Gasteiger partial charge in [-0.15, -0.1) is 0 Å². The van der Waals surface area contributed by atoms with Gasteiger partial charge in [0.1, 0.15) is 0 Å². The maximum atomic E-state index is 5.75. The molecule has 1 aromatic carbocycles. The molecular weight excluding hydrogens is 196 g/mol. The molecule has 1 heterocycles. The van der Waals surface area contributed by atoms with E-state index in [0.29, 0.717) is 0 Å². The summed E-state index contributed by atoms with van der Waals surface area (Å²) >= 11 is 0. The molecule has 1 aliphatic heterocycles. The van der Waals surface area contributed by atoms with Gasteiger partial charge in [-0.1, -0.05) is 30.3 Å². The minimum absolute atomic E-state index is 0.751. The van der Waals surface area contributed by atoms with Crippen molar-refractivity contribution in [3.05, 3.63) is 35.9 Å². The topological polar surface area (TPSA) is 29.3 Å². The molecule has 0 bridgehead atoms. The molecule has 1 fully saturated rings. The van der Waals surface area contributed by atoms with Crippen molar-refractivity contribution in [2.75, 3.05) is 19.6 Å². The first-order valence-electron chi connectivity index (χ1n) is 6.35. The van der Waals surface area contributed by atoms with Crippen molar-refractivity contribution in [2.24, 2.45) is 11.7 Å². The van der Waals surface area contributed by atoms with E-state index < -0.39 is 0 Å². The molecule has 1 atom stereocenters. The van der Waals surface area contributed by atoms with E-state index in [4.69, 9.17) is 5.73 Å². The van der Waals surface area contributed by atoms with E-state index in [1.54, 1.807) is 0 Å². The van der Waals surface area contributed by atoms with Crippen molar-refractivity contribution in [1.82, 2.24) is 4.90 Å². The predicted octanol–water partition coefficient (Wildman–Crippen LogP) is 2.25. The van der Waals surface area contributed by atoms with Gasteiger partial charge >= 0.3 is 0 Å². The van der Waals surface area contributed by atoms with E-state index in [1.807, 2.05) is 0 Å². The molecule has 1 saturated heterocycles. The highest BCUT2D eigenvalue weighted by atomic mass is 15.1. The van der Waals surface area contributed by atoms with Crippen molar-refractivity contribution in [3.8, 4) is 0 Å². The van der Waals surface area contributed by atoms with E-state index in [-0.39, 0.29) is 0 Å². The monoisotopic (exact) mass is 218 g/mol. The molecular formula is C14H22N2. The molecule has 1 aromatic rings. The van der Waals surface area contributed by atoms with Crippen molar-refractivity contribution in [1.29, 1.82) is 0 Å². The van der Waals surface area contributed by atoms with Crippen molar-refractivity contribution in [3.63, 3.8) is 0 Å². The lowest BCUT2D eigenvalue weighted by Crippen LogP contribution is -2.24. The quantitative estimate of drug-likeness (QED) is 0.843. The average Bonchev–Trinajstić information content (AvgIpc) is 2.56. The molecule has 2 nitrogen and oxygen atoms in total. The zero-order valence-corrected chi connectivity index (χ0v) is 9.94. The van der Waals surface area contributed by atoms with Crippen LogP contribution in [0, 0.1) is 5.92 Å². The van der Waals surface area contributed by atoms with Gasteiger partial charge in [0.2, 0.25) is 0 Å². The molecule has 0 aliphatic carbocycles. The maximum absolute atomic E-state index is 5.75. The molecule has 88 valence electrons. The van der Waals surface area contributed by atoms with Crippen molar-refractivity contribution < 1.29 is 0 Å². The predicted molar refractivity (Wildman–Crippen MR) is 68.1 cm³/mol. The van der Waals surface area contributed by atoms with Crippen molar-refractivity contribution in [2.45, 2.75) is 25.8 Å². The Labute approximate surface area is 98.4 Å². The van der Waals surface area contributed by atoms with Crippen LogP contribution in [0.25, 0.3) is 0 Å². The van der Waals surface area contributed by atoms with Crippen LogP contribution >= 0.6 is 0 Å². The van der Waals surface area contributed by atoms with Gasteiger partial charge in [-0.25, -0.2) is 0 Å². The molecule has 16 heavy (non-hydrogen) atoms. The summed E-state index contributed by atoms with van der Waals surface area (Å²) in [4.78, 5) is 2.56. The average molecular weight is 218 g/mol. The number of rotatable bonds is 3. The van der Waals surface area contributed by atoms with Crippen LogP contribution in [0.15, 0.2) is 30.3 Å². The molecule has 2 N–H and O–H groups in total. The van der Waals surface area contributed by atoms with E-state index in [9.17, 15) is 0 Å². The van der Waals surface area contributed by atoms with Crippen molar-refractivity contribution >= 4 is 0 Å². The van der Waals surface area contributed by atoms with Gasteiger partial charge in [-0.3, -0.25) is 4.90 Å². The molecule has 0 saturated carbocycles. The number of hydrogen-bond donors (Lipinski definition) is 1. The Balaban J connectivity index is 1.86. The normalized spacial score (nSPS) is 22.9. The summed E-state index contributed by atoms with van der Waals surface area (Å²) in [5.41, 5.74) is 7.18. The molecule has 0 radical (unpaired) electrons. The van der Waals surface area contributed by atoms with Gasteiger partial charge < -0.3 is 5.73 Å². The number of hydrogen-bond acceptors (Lipinski definition) is 2. The lowest BCUT2D eigenvalue weighted by molar-refractivity contribution is 0.273. The van der Waals surface area contributed by atoms with Crippen LogP contribution in [0.1, 0.15) is 24.8 Å². The molecule has 0 aromatic heterocycles. The molecule has 0 unspecified atom stereocenters. The van der Waals surface area contributed by atoms with Crippen LogP contribution in [0.4, 0.5) is 0 Å². The smallest absolute Gasteiger partial charge is 0.0233 e. The minimum Gasteiger partial charge on any atom is -0.330 e. The van der Waals surface area contributed by atoms with Gasteiger partial charge in [0.05, 0.1) is 0 Å². The Hall–Kier alpha value is -0.860. The lowest BCUT2D eigenvalue weighted by Gasteiger charge is -2.20. The molecule has 2 rings (SSSR count). The van der Waals surface area contributed by atoms with E-state index in [2.05, 4.69) is 35.2 Å². The van der Waals surface area contributed by atoms with Gasteiger partial charge in [0, 0.05) is 6.54 Å². The number of benzene rings is 1. The number of nitrogens with zero attached hydrogens (tertiary/aromatic N) is 1. The summed E-state index contributed by atoms with van der Waals surface area (Å²) < 4.78 is 0. The van der Waals surface area contributed by atoms with Gasteiger partial charge in [-0.05, 0) is 50.4 Å². The van der Waals surface area contributed by atoms with Gasteiger partial charge in [0.25, 0.3) is 0 Å². The van der Waals surface area contributed by atoms with Crippen LogP contribution < -0.4 is 5.73 Å². The van der Waals surface area contributed by atoms with E-state index in [1.165, 1.54) is 37.9 Å². The maximum Gasteiger partial charge on any atom is 0.0233 e. The van der Waals surface area contributed by atoms with E-state index >= 15 is 0 Å². The number of nitrogens with two attached hydrogens (primary N) is 1. The Morgan fingerprint density at radius 1 is 1.12 bits per heavy atom. The third kappa shape index (κ3) is 3.32. The SMILES string of the molecule is NC[C@H]1CCCN(Cc2ccccc2)CC1. The zero-order valence-electron chi connectivity index (χ0n) is 9.94. The van der Waals surface area contributed by atoms with E-state index in [0.717, 1.165) is 19.0 Å². The summed E-state index contributed by atoms with van der Waals surface area (Å²) in [7, 11) is 0.